The number of hydrogen-bond acceptors (Lipinski definition) is 9. The Morgan fingerprint density at radius 1 is 0.788 bits per heavy atom. The maximum absolute atomic E-state index is 14.4. The Morgan fingerprint density at radius 3 is 2.13 bits per heavy atom. The number of methoxy groups -OCH3 is 4. The van der Waals surface area contributed by atoms with Gasteiger partial charge in [0.05, 0.1) is 46.0 Å². The summed E-state index contributed by atoms with van der Waals surface area (Å²) in [5, 5.41) is 11.4. The molecule has 0 radical (unpaired) electrons. The van der Waals surface area contributed by atoms with E-state index in [4.69, 9.17) is 42.1 Å². The second-order valence-electron chi connectivity index (χ2n) is 13.3. The van der Waals surface area contributed by atoms with E-state index in [9.17, 15) is 24.3 Å². The van der Waals surface area contributed by atoms with Crippen LogP contribution in [0.4, 0.5) is 5.69 Å². The molecule has 2 aliphatic heterocycles. The van der Waals surface area contributed by atoms with Crippen LogP contribution in [0.5, 0.6) is 28.7 Å². The van der Waals surface area contributed by atoms with Crippen LogP contribution in [0, 0.1) is 17.8 Å². The van der Waals surface area contributed by atoms with Gasteiger partial charge in [0.25, 0.3) is 11.8 Å². The van der Waals surface area contributed by atoms with E-state index < -0.39 is 51.1 Å². The molecule has 270 valence electrons. The number of amides is 4. The summed E-state index contributed by atoms with van der Waals surface area (Å²) in [7, 11) is 7.29. The summed E-state index contributed by atoms with van der Waals surface area (Å²) in [5.41, 5.74) is 2.66. The Kier molecular flexibility index (Phi) is 8.78. The third-order valence-corrected chi connectivity index (χ3v) is 12.3. The number of likely N-dealkylation sites (tertiary alicyclic amines) is 1. The Morgan fingerprint density at radius 2 is 1.48 bits per heavy atom. The molecular weight excluding hydrogens is 711 g/mol. The standard InChI is InChI=1S/C39H36Cl2N2O9/c1-42-36(47)38(40)19-27-25(33(39(38,41)37(42)48)32-28(44)17-24(50-3)18-30(32)52-5)13-14-26-31(27)35(46)43(34(26)45)22-10-7-20(8-11-22)6-9-21-16-23(49-2)12-15-29(21)51-4/h6-13,15-18,26-27,31,33,44H,14,19H2,1-5H3. The van der Waals surface area contributed by atoms with Crippen LogP contribution in [0.3, 0.4) is 0 Å². The molecule has 13 heteroatoms. The lowest BCUT2D eigenvalue weighted by Gasteiger charge is -2.51. The number of alkyl halides is 2. The summed E-state index contributed by atoms with van der Waals surface area (Å²) in [6.07, 6.45) is 5.54. The molecular formula is C39H36Cl2N2O9. The van der Waals surface area contributed by atoms with Crippen LogP contribution >= 0.6 is 23.2 Å². The molecule has 3 aromatic carbocycles. The fourth-order valence-corrected chi connectivity index (χ4v) is 9.37. The highest BCUT2D eigenvalue weighted by atomic mass is 35.5. The van der Waals surface area contributed by atoms with Gasteiger partial charge in [0.1, 0.15) is 28.7 Å². The Hall–Kier alpha value is -5.00. The summed E-state index contributed by atoms with van der Waals surface area (Å²) in [6.45, 7) is 0. The van der Waals surface area contributed by atoms with E-state index >= 15 is 0 Å². The first-order chi connectivity index (χ1) is 24.8. The molecule has 4 amide bonds. The largest absolute Gasteiger partial charge is 0.507 e. The molecule has 2 saturated heterocycles. The van der Waals surface area contributed by atoms with E-state index in [1.54, 1.807) is 50.6 Å². The number of benzene rings is 3. The highest BCUT2D eigenvalue weighted by Gasteiger charge is 2.76. The summed E-state index contributed by atoms with van der Waals surface area (Å²) in [4.78, 5) is 54.2. The Labute approximate surface area is 310 Å². The Bertz CT molecular complexity index is 2080. The van der Waals surface area contributed by atoms with Crippen LogP contribution in [0.1, 0.15) is 35.4 Å². The van der Waals surface area contributed by atoms with Crippen LogP contribution in [-0.4, -0.2) is 78.9 Å². The first-order valence-electron chi connectivity index (χ1n) is 16.6. The van der Waals surface area contributed by atoms with E-state index in [0.717, 1.165) is 16.0 Å². The van der Waals surface area contributed by atoms with Crippen molar-refractivity contribution < 1.29 is 43.2 Å². The fraction of sp³-hybridized carbons (Fsp3) is 0.333. The van der Waals surface area contributed by atoms with Gasteiger partial charge in [-0.1, -0.05) is 35.9 Å². The molecule has 1 saturated carbocycles. The lowest BCUT2D eigenvalue weighted by atomic mass is 9.56. The van der Waals surface area contributed by atoms with Crippen LogP contribution in [0.2, 0.25) is 0 Å². The molecule has 1 N–H and O–H groups in total. The second kappa shape index (κ2) is 12.9. The number of rotatable bonds is 8. The van der Waals surface area contributed by atoms with Crippen molar-refractivity contribution in [1.29, 1.82) is 0 Å². The average Bonchev–Trinajstić information content (AvgIpc) is 3.48. The number of carbonyl (C=O) groups excluding carboxylic acids is 4. The molecule has 6 atom stereocenters. The number of nitrogens with zero attached hydrogens (tertiary/aromatic N) is 2. The number of ether oxygens (including phenoxy) is 4. The normalized spacial score (nSPS) is 28.1. The first-order valence-corrected chi connectivity index (χ1v) is 17.3. The molecule has 52 heavy (non-hydrogen) atoms. The minimum absolute atomic E-state index is 0.123. The van der Waals surface area contributed by atoms with Gasteiger partial charge in [-0.2, -0.15) is 0 Å². The maximum Gasteiger partial charge on any atom is 0.253 e. The monoisotopic (exact) mass is 746 g/mol. The fourth-order valence-electron chi connectivity index (χ4n) is 8.37. The Balaban J connectivity index is 1.26. The number of hydrogen-bond donors (Lipinski definition) is 1. The van der Waals surface area contributed by atoms with Gasteiger partial charge in [-0.25, -0.2) is 0 Å². The third kappa shape index (κ3) is 5.00. The van der Waals surface area contributed by atoms with Gasteiger partial charge < -0.3 is 24.1 Å². The SMILES string of the molecule is COc1ccc(OC)c(C=Cc2ccc(N3C(=O)C4CC=C5C(CC6(Cl)C(=O)N(C)C(=O)C6(Cl)C5c5c(O)cc(OC)cc5OC)C4C3=O)cc2)c1. The maximum atomic E-state index is 14.4. The molecule has 2 aliphatic carbocycles. The molecule has 0 aromatic heterocycles. The number of anilines is 1. The quantitative estimate of drug-likeness (QED) is 0.132. The summed E-state index contributed by atoms with van der Waals surface area (Å²) in [6, 6.07) is 15.4. The smallest absolute Gasteiger partial charge is 0.253 e. The van der Waals surface area contributed by atoms with E-state index in [0.29, 0.717) is 22.8 Å². The third-order valence-electron chi connectivity index (χ3n) is 10.9. The van der Waals surface area contributed by atoms with Crippen molar-refractivity contribution in [3.63, 3.8) is 0 Å². The van der Waals surface area contributed by atoms with Crippen molar-refractivity contribution in [2.24, 2.45) is 17.8 Å². The first kappa shape index (κ1) is 35.4. The zero-order chi connectivity index (χ0) is 37.3. The number of fused-ring (bicyclic) bond motifs is 4. The lowest BCUT2D eigenvalue weighted by molar-refractivity contribution is -0.138. The molecule has 11 nitrogen and oxygen atoms in total. The molecule has 0 bridgehead atoms. The molecule has 6 unspecified atom stereocenters. The predicted octanol–water partition coefficient (Wildman–Crippen LogP) is 5.79. The number of aromatic hydroxyl groups is 1. The van der Waals surface area contributed by atoms with Gasteiger partial charge >= 0.3 is 0 Å². The number of allylic oxidation sites excluding steroid dienone is 2. The van der Waals surface area contributed by atoms with E-state index in [-0.39, 0.29) is 41.6 Å². The van der Waals surface area contributed by atoms with Gasteiger partial charge in [-0.05, 0) is 54.7 Å². The number of carbonyl (C=O) groups is 4. The summed E-state index contributed by atoms with van der Waals surface area (Å²) >= 11 is 14.6. The van der Waals surface area contributed by atoms with Gasteiger partial charge in [-0.3, -0.25) is 29.0 Å². The molecule has 3 fully saturated rings. The minimum atomic E-state index is -2.08. The van der Waals surface area contributed by atoms with Gasteiger partial charge in [-0.15, -0.1) is 23.2 Å². The molecule has 0 spiro atoms. The van der Waals surface area contributed by atoms with Crippen molar-refractivity contribution >= 4 is 64.7 Å². The van der Waals surface area contributed by atoms with Crippen molar-refractivity contribution in [2.45, 2.75) is 28.5 Å². The number of phenols is 1. The summed E-state index contributed by atoms with van der Waals surface area (Å²) < 4.78 is 21.8. The summed E-state index contributed by atoms with van der Waals surface area (Å²) in [5.74, 6) is -4.45. The van der Waals surface area contributed by atoms with Crippen LogP contribution in [0.25, 0.3) is 12.2 Å². The zero-order valence-corrected chi connectivity index (χ0v) is 30.5. The predicted molar refractivity (Wildman–Crippen MR) is 194 cm³/mol. The lowest BCUT2D eigenvalue weighted by Crippen LogP contribution is -2.60. The van der Waals surface area contributed by atoms with Crippen molar-refractivity contribution in [1.82, 2.24) is 4.90 Å². The zero-order valence-electron chi connectivity index (χ0n) is 29.0. The highest BCUT2D eigenvalue weighted by Crippen LogP contribution is 2.67. The molecule has 7 rings (SSSR count). The number of imide groups is 2. The van der Waals surface area contributed by atoms with Crippen molar-refractivity contribution in [3.8, 4) is 28.7 Å². The van der Waals surface area contributed by atoms with Crippen LogP contribution in [0.15, 0.2) is 66.2 Å². The number of halogens is 2. The minimum Gasteiger partial charge on any atom is -0.507 e. The topological polar surface area (TPSA) is 132 Å². The average molecular weight is 748 g/mol. The van der Waals surface area contributed by atoms with Gasteiger partial charge in [0, 0.05) is 36.2 Å². The molecule has 3 aromatic rings. The van der Waals surface area contributed by atoms with E-state index in [1.165, 1.54) is 38.3 Å². The highest BCUT2D eigenvalue weighted by molar-refractivity contribution is 6.53. The number of phenolic OH excluding ortho intramolecular Hbond substituents is 1. The second-order valence-corrected chi connectivity index (χ2v) is 14.5. The van der Waals surface area contributed by atoms with Gasteiger partial charge in [0.15, 0.2) is 9.75 Å². The van der Waals surface area contributed by atoms with Crippen molar-refractivity contribution in [3.05, 3.63) is 82.9 Å². The van der Waals surface area contributed by atoms with Gasteiger partial charge in [0.2, 0.25) is 11.8 Å². The molecule has 2 heterocycles. The van der Waals surface area contributed by atoms with Crippen LogP contribution < -0.4 is 23.8 Å². The molecule has 4 aliphatic rings. The van der Waals surface area contributed by atoms with E-state index in [2.05, 4.69) is 0 Å². The van der Waals surface area contributed by atoms with E-state index in [1.807, 2.05) is 24.3 Å². The van der Waals surface area contributed by atoms with Crippen molar-refractivity contribution in [2.75, 3.05) is 40.4 Å². The van der Waals surface area contributed by atoms with Crippen LogP contribution in [-0.2, 0) is 19.2 Å².